The van der Waals surface area contributed by atoms with Crippen LogP contribution < -0.4 is 5.32 Å². The molecule has 2 aromatic rings. The Balaban J connectivity index is 1.84. The van der Waals surface area contributed by atoms with Crippen molar-refractivity contribution in [1.82, 2.24) is 4.90 Å². The molecule has 1 saturated heterocycles. The molecule has 0 aliphatic carbocycles. The maximum absolute atomic E-state index is 14.0. The molecule has 0 radical (unpaired) electrons. The number of anilines is 1. The molecule has 154 valence electrons. The molecule has 1 aliphatic heterocycles. The minimum absolute atomic E-state index is 0.110. The van der Waals surface area contributed by atoms with Gasteiger partial charge in [0.25, 0.3) is 5.91 Å². The zero-order chi connectivity index (χ0) is 20.8. The van der Waals surface area contributed by atoms with Crippen LogP contribution in [0.15, 0.2) is 48.5 Å². The van der Waals surface area contributed by atoms with E-state index in [1.807, 2.05) is 0 Å². The topological polar surface area (TPSA) is 49.4 Å². The number of hydrogen-bond acceptors (Lipinski definition) is 3. The molecule has 7 heteroatoms. The first kappa shape index (κ1) is 21.7. The summed E-state index contributed by atoms with van der Waals surface area (Å²) in [4.78, 5) is 27.9. The van der Waals surface area contributed by atoms with E-state index in [0.717, 1.165) is 25.7 Å². The Morgan fingerprint density at radius 3 is 2.62 bits per heavy atom. The molecule has 2 amide bonds. The Labute approximate surface area is 179 Å². The molecule has 2 unspecified atom stereocenters. The minimum atomic E-state index is -0.685. The van der Waals surface area contributed by atoms with Crippen molar-refractivity contribution in [2.75, 3.05) is 11.1 Å². The number of halogens is 2. The maximum atomic E-state index is 14.0. The van der Waals surface area contributed by atoms with Gasteiger partial charge in [-0.05, 0) is 30.7 Å². The maximum Gasteiger partial charge on any atom is 0.256 e. The predicted molar refractivity (Wildman–Crippen MR) is 117 cm³/mol. The molecular weight excluding hydrogens is 411 g/mol. The molecule has 1 heterocycles. The Hall–Kier alpha value is -2.05. The van der Waals surface area contributed by atoms with Gasteiger partial charge in [0.1, 0.15) is 11.9 Å². The Bertz CT molecular complexity index is 879. The van der Waals surface area contributed by atoms with Gasteiger partial charge >= 0.3 is 0 Å². The van der Waals surface area contributed by atoms with E-state index in [4.69, 9.17) is 11.6 Å². The summed E-state index contributed by atoms with van der Waals surface area (Å²) in [6.45, 7) is 2.12. The summed E-state index contributed by atoms with van der Waals surface area (Å²) in [7, 11) is 0. The quantitative estimate of drug-likeness (QED) is 0.578. The second-order valence-corrected chi connectivity index (χ2v) is 8.58. The van der Waals surface area contributed by atoms with Crippen molar-refractivity contribution < 1.29 is 14.0 Å². The molecular formula is C22H24ClFN2O2S. The fraction of sp³-hybridized carbons (Fsp3) is 0.364. The van der Waals surface area contributed by atoms with E-state index in [1.165, 1.54) is 12.1 Å². The number of para-hydroxylation sites is 1. The highest BCUT2D eigenvalue weighted by molar-refractivity contribution is 8.00. The summed E-state index contributed by atoms with van der Waals surface area (Å²) in [5.41, 5.74) is 0.489. The lowest BCUT2D eigenvalue weighted by molar-refractivity contribution is -0.119. The molecule has 4 nitrogen and oxygen atoms in total. The predicted octanol–water partition coefficient (Wildman–Crippen LogP) is 5.58. The van der Waals surface area contributed by atoms with E-state index < -0.39 is 11.9 Å². The van der Waals surface area contributed by atoms with Gasteiger partial charge in [0, 0.05) is 5.75 Å². The van der Waals surface area contributed by atoms with Crippen LogP contribution in [0.2, 0.25) is 5.02 Å². The summed E-state index contributed by atoms with van der Waals surface area (Å²) in [5.74, 6) is -0.695. The lowest BCUT2D eigenvalue weighted by atomic mass is 10.1. The number of nitrogens with one attached hydrogen (secondary N) is 1. The highest BCUT2D eigenvalue weighted by atomic mass is 35.5. The van der Waals surface area contributed by atoms with E-state index in [-0.39, 0.29) is 22.9 Å². The number of thioether (sulfide) groups is 1. The first-order valence-corrected chi connectivity index (χ1v) is 11.2. The molecule has 3 rings (SSSR count). The lowest BCUT2D eigenvalue weighted by Crippen LogP contribution is -2.47. The van der Waals surface area contributed by atoms with Crippen LogP contribution in [0.1, 0.15) is 43.0 Å². The van der Waals surface area contributed by atoms with E-state index >= 15 is 0 Å². The second kappa shape index (κ2) is 10.1. The van der Waals surface area contributed by atoms with Crippen molar-refractivity contribution in [1.29, 1.82) is 0 Å². The standard InChI is InChI=1S/C22H24ClFN2O2S/c1-2-3-4-13-20-26(22(28)15-9-5-6-10-16(15)23)19(14-29-20)21(27)25-18-12-8-7-11-17(18)24/h5-12,19-20H,2-4,13-14H2,1H3,(H,25,27). The number of carbonyl (C=O) groups is 2. The van der Waals surface area contributed by atoms with Crippen LogP contribution in [0, 0.1) is 5.82 Å². The number of hydrogen-bond donors (Lipinski definition) is 1. The van der Waals surface area contributed by atoms with Crippen LogP contribution in [-0.2, 0) is 4.79 Å². The number of benzene rings is 2. The van der Waals surface area contributed by atoms with Gasteiger partial charge in [0.05, 0.1) is 21.6 Å². The summed E-state index contributed by atoms with van der Waals surface area (Å²) < 4.78 is 14.0. The second-order valence-electron chi connectivity index (χ2n) is 6.96. The highest BCUT2D eigenvalue weighted by Gasteiger charge is 2.42. The minimum Gasteiger partial charge on any atom is -0.322 e. The van der Waals surface area contributed by atoms with Gasteiger partial charge in [-0.15, -0.1) is 11.8 Å². The van der Waals surface area contributed by atoms with Crippen molar-refractivity contribution >= 4 is 40.9 Å². The smallest absolute Gasteiger partial charge is 0.256 e. The first-order chi connectivity index (χ1) is 14.0. The van der Waals surface area contributed by atoms with Gasteiger partial charge in [-0.3, -0.25) is 9.59 Å². The Morgan fingerprint density at radius 1 is 1.17 bits per heavy atom. The zero-order valence-corrected chi connectivity index (χ0v) is 17.8. The average molecular weight is 435 g/mol. The van der Waals surface area contributed by atoms with E-state index in [0.29, 0.717) is 16.3 Å². The van der Waals surface area contributed by atoms with Gasteiger partial charge in [-0.1, -0.05) is 62.1 Å². The van der Waals surface area contributed by atoms with Crippen LogP contribution in [0.3, 0.4) is 0 Å². The highest BCUT2D eigenvalue weighted by Crippen LogP contribution is 2.35. The third kappa shape index (κ3) is 5.11. The van der Waals surface area contributed by atoms with Gasteiger partial charge < -0.3 is 10.2 Å². The van der Waals surface area contributed by atoms with E-state index in [1.54, 1.807) is 53.1 Å². The number of amides is 2. The molecule has 1 N–H and O–H groups in total. The summed E-state index contributed by atoms with van der Waals surface area (Å²) in [6.07, 6.45) is 3.92. The third-order valence-electron chi connectivity index (χ3n) is 4.92. The number of nitrogens with zero attached hydrogens (tertiary/aromatic N) is 1. The number of rotatable bonds is 7. The van der Waals surface area contributed by atoms with Crippen molar-refractivity contribution in [3.05, 3.63) is 64.9 Å². The molecule has 2 atom stereocenters. The van der Waals surface area contributed by atoms with Crippen molar-refractivity contribution in [3.8, 4) is 0 Å². The normalized spacial score (nSPS) is 18.7. The van der Waals surface area contributed by atoms with Crippen LogP contribution in [0.4, 0.5) is 10.1 Å². The summed E-state index contributed by atoms with van der Waals surface area (Å²) in [6, 6.07) is 12.2. The van der Waals surface area contributed by atoms with Crippen LogP contribution in [0.25, 0.3) is 0 Å². The molecule has 0 saturated carbocycles. The molecule has 0 aromatic heterocycles. The first-order valence-electron chi connectivity index (χ1n) is 9.77. The summed E-state index contributed by atoms with van der Waals surface area (Å²) in [5, 5.41) is 2.88. The number of carbonyl (C=O) groups excluding carboxylic acids is 2. The number of unbranched alkanes of at least 4 members (excludes halogenated alkanes) is 2. The van der Waals surface area contributed by atoms with Crippen molar-refractivity contribution in [2.24, 2.45) is 0 Å². The van der Waals surface area contributed by atoms with E-state index in [9.17, 15) is 14.0 Å². The fourth-order valence-corrected chi connectivity index (χ4v) is 5.05. The molecule has 29 heavy (non-hydrogen) atoms. The molecule has 1 fully saturated rings. The van der Waals surface area contributed by atoms with Crippen LogP contribution in [0.5, 0.6) is 0 Å². The Kier molecular flexibility index (Phi) is 7.56. The van der Waals surface area contributed by atoms with E-state index in [2.05, 4.69) is 12.2 Å². The van der Waals surface area contributed by atoms with Crippen molar-refractivity contribution in [3.63, 3.8) is 0 Å². The SMILES string of the molecule is CCCCCC1SCC(C(=O)Nc2ccccc2F)N1C(=O)c1ccccc1Cl. The van der Waals surface area contributed by atoms with Gasteiger partial charge in [0.15, 0.2) is 0 Å². The molecule has 0 spiro atoms. The van der Waals surface area contributed by atoms with Gasteiger partial charge in [-0.2, -0.15) is 0 Å². The molecule has 2 aromatic carbocycles. The van der Waals surface area contributed by atoms with Gasteiger partial charge in [0.2, 0.25) is 5.91 Å². The molecule has 1 aliphatic rings. The van der Waals surface area contributed by atoms with Crippen LogP contribution >= 0.6 is 23.4 Å². The largest absolute Gasteiger partial charge is 0.322 e. The van der Waals surface area contributed by atoms with Crippen molar-refractivity contribution in [2.45, 2.75) is 44.0 Å². The average Bonchev–Trinajstić information content (AvgIpc) is 3.14. The lowest BCUT2D eigenvalue weighted by Gasteiger charge is -2.29. The zero-order valence-electron chi connectivity index (χ0n) is 16.2. The van der Waals surface area contributed by atoms with Crippen LogP contribution in [-0.4, -0.2) is 33.9 Å². The molecule has 0 bridgehead atoms. The monoisotopic (exact) mass is 434 g/mol. The fourth-order valence-electron chi connectivity index (χ4n) is 3.38. The summed E-state index contributed by atoms with van der Waals surface area (Å²) >= 11 is 7.83. The Morgan fingerprint density at radius 2 is 1.90 bits per heavy atom. The third-order valence-corrected chi connectivity index (χ3v) is 6.61. The van der Waals surface area contributed by atoms with Gasteiger partial charge in [-0.25, -0.2) is 4.39 Å².